The highest BCUT2D eigenvalue weighted by molar-refractivity contribution is 6.62. The third kappa shape index (κ3) is 1.53. The molecular weight excluding hydrogens is 215 g/mol. The van der Waals surface area contributed by atoms with E-state index in [1.165, 1.54) is 0 Å². The quantitative estimate of drug-likeness (QED) is 0.619. The molecule has 0 saturated carbocycles. The van der Waals surface area contributed by atoms with Gasteiger partial charge in [-0.3, -0.25) is 0 Å². The molecule has 0 unspecified atom stereocenters. The van der Waals surface area contributed by atoms with Crippen molar-refractivity contribution in [2.24, 2.45) is 0 Å². The van der Waals surface area contributed by atoms with Crippen molar-refractivity contribution in [2.45, 2.75) is 6.92 Å². The van der Waals surface area contributed by atoms with Crippen LogP contribution in [0.3, 0.4) is 0 Å². The molecule has 0 radical (unpaired) electrons. The van der Waals surface area contributed by atoms with Gasteiger partial charge in [-0.15, -0.1) is 0 Å². The summed E-state index contributed by atoms with van der Waals surface area (Å²) >= 11 is 0. The Morgan fingerprint density at radius 3 is 2.65 bits per heavy atom. The zero-order chi connectivity index (χ0) is 12.0. The molecule has 3 nitrogen and oxygen atoms in total. The highest BCUT2D eigenvalue weighted by Gasteiger charge is 2.18. The predicted molar refractivity (Wildman–Crippen MR) is 68.3 cm³/mol. The first-order valence-corrected chi connectivity index (χ1v) is 5.45. The van der Waals surface area contributed by atoms with E-state index in [1.807, 2.05) is 31.2 Å². The lowest BCUT2D eigenvalue weighted by atomic mass is 9.77. The molecule has 0 fully saturated rings. The molecule has 0 saturated heterocycles. The molecular formula is C13H11BO3. The molecule has 84 valence electrons. The van der Waals surface area contributed by atoms with Crippen molar-refractivity contribution in [2.75, 3.05) is 0 Å². The summed E-state index contributed by atoms with van der Waals surface area (Å²) in [7, 11) is -1.49. The van der Waals surface area contributed by atoms with Gasteiger partial charge in [0.25, 0.3) is 0 Å². The zero-order valence-corrected chi connectivity index (χ0v) is 9.34. The third-order valence-electron chi connectivity index (χ3n) is 2.96. The van der Waals surface area contributed by atoms with Crippen LogP contribution in [0.5, 0.6) is 0 Å². The fraction of sp³-hybridized carbons (Fsp3) is 0.0769. The Morgan fingerprint density at radius 2 is 1.88 bits per heavy atom. The number of benzene rings is 2. The molecule has 1 heterocycles. The van der Waals surface area contributed by atoms with Gasteiger partial charge < -0.3 is 14.5 Å². The molecule has 3 aromatic rings. The van der Waals surface area contributed by atoms with Crippen molar-refractivity contribution in [1.29, 1.82) is 0 Å². The largest absolute Gasteiger partial charge is 0.489 e. The number of hydrogen-bond donors (Lipinski definition) is 2. The molecule has 0 aliphatic heterocycles. The molecule has 0 bridgehead atoms. The van der Waals surface area contributed by atoms with Crippen LogP contribution in [0.1, 0.15) is 5.56 Å². The molecule has 0 aliphatic rings. The van der Waals surface area contributed by atoms with Gasteiger partial charge in [0, 0.05) is 10.8 Å². The normalized spacial score (nSPS) is 11.2. The molecule has 0 aliphatic carbocycles. The van der Waals surface area contributed by atoms with E-state index in [9.17, 15) is 10.0 Å². The summed E-state index contributed by atoms with van der Waals surface area (Å²) in [5, 5.41) is 20.4. The van der Waals surface area contributed by atoms with Gasteiger partial charge in [0.15, 0.2) is 0 Å². The summed E-state index contributed by atoms with van der Waals surface area (Å²) in [6.07, 6.45) is 0. The number of fused-ring (bicyclic) bond motifs is 3. The topological polar surface area (TPSA) is 53.6 Å². The van der Waals surface area contributed by atoms with Crippen molar-refractivity contribution in [3.8, 4) is 0 Å². The van der Waals surface area contributed by atoms with E-state index in [0.29, 0.717) is 11.0 Å². The van der Waals surface area contributed by atoms with Crippen LogP contribution in [0, 0.1) is 6.92 Å². The Balaban J connectivity index is 2.49. The number of rotatable bonds is 1. The van der Waals surface area contributed by atoms with Crippen LogP contribution < -0.4 is 5.46 Å². The second-order valence-electron chi connectivity index (χ2n) is 4.20. The lowest BCUT2D eigenvalue weighted by molar-refractivity contribution is 0.426. The second-order valence-corrected chi connectivity index (χ2v) is 4.20. The van der Waals surface area contributed by atoms with Crippen LogP contribution in [0.15, 0.2) is 40.8 Å². The predicted octanol–water partition coefficient (Wildman–Crippen LogP) is 1.57. The van der Waals surface area contributed by atoms with Crippen molar-refractivity contribution in [1.82, 2.24) is 0 Å². The Morgan fingerprint density at radius 1 is 1.06 bits per heavy atom. The Hall–Kier alpha value is -1.78. The van der Waals surface area contributed by atoms with Crippen molar-refractivity contribution >= 4 is 34.5 Å². The summed E-state index contributed by atoms with van der Waals surface area (Å²) in [4.78, 5) is 0. The number of hydrogen-bond acceptors (Lipinski definition) is 3. The van der Waals surface area contributed by atoms with E-state index >= 15 is 0 Å². The van der Waals surface area contributed by atoms with E-state index in [0.717, 1.165) is 21.9 Å². The molecule has 4 heteroatoms. The van der Waals surface area contributed by atoms with Crippen molar-refractivity contribution in [3.63, 3.8) is 0 Å². The maximum absolute atomic E-state index is 9.37. The van der Waals surface area contributed by atoms with E-state index in [-0.39, 0.29) is 0 Å². The smallest absolute Gasteiger partial charge is 0.456 e. The zero-order valence-electron chi connectivity index (χ0n) is 9.34. The standard InChI is InChI=1S/C13H11BO3/c1-8-5-6-9-12(7-8)17-11-4-2-3-10(13(9)11)14(15)16/h2-7,15-16H,1H3. The third-order valence-corrected chi connectivity index (χ3v) is 2.96. The van der Waals surface area contributed by atoms with E-state index in [1.54, 1.807) is 12.1 Å². The molecule has 0 spiro atoms. The van der Waals surface area contributed by atoms with Gasteiger partial charge in [0.2, 0.25) is 0 Å². The van der Waals surface area contributed by atoms with Gasteiger partial charge in [-0.2, -0.15) is 0 Å². The van der Waals surface area contributed by atoms with Crippen LogP contribution in [0.4, 0.5) is 0 Å². The summed E-state index contributed by atoms with van der Waals surface area (Å²) < 4.78 is 5.70. The summed E-state index contributed by atoms with van der Waals surface area (Å²) in [5.74, 6) is 0. The minimum absolute atomic E-state index is 0.477. The minimum Gasteiger partial charge on any atom is -0.456 e. The maximum Gasteiger partial charge on any atom is 0.489 e. The van der Waals surface area contributed by atoms with Gasteiger partial charge in [0.05, 0.1) is 0 Å². The Bertz CT molecular complexity index is 700. The fourth-order valence-corrected chi connectivity index (χ4v) is 2.18. The lowest BCUT2D eigenvalue weighted by Crippen LogP contribution is -2.30. The van der Waals surface area contributed by atoms with Crippen LogP contribution in [-0.2, 0) is 0 Å². The summed E-state index contributed by atoms with van der Waals surface area (Å²) in [5.41, 5.74) is 3.04. The van der Waals surface area contributed by atoms with Crippen molar-refractivity contribution < 1.29 is 14.5 Å². The van der Waals surface area contributed by atoms with Crippen LogP contribution in [0.2, 0.25) is 0 Å². The minimum atomic E-state index is -1.49. The van der Waals surface area contributed by atoms with Gasteiger partial charge in [-0.05, 0) is 30.1 Å². The van der Waals surface area contributed by atoms with Gasteiger partial charge in [-0.1, -0.05) is 24.3 Å². The van der Waals surface area contributed by atoms with Crippen LogP contribution >= 0.6 is 0 Å². The molecule has 0 atom stereocenters. The number of furan rings is 1. The fourth-order valence-electron chi connectivity index (χ4n) is 2.18. The monoisotopic (exact) mass is 226 g/mol. The summed E-state index contributed by atoms with van der Waals surface area (Å²) in [6, 6.07) is 11.2. The van der Waals surface area contributed by atoms with E-state index in [2.05, 4.69) is 0 Å². The highest BCUT2D eigenvalue weighted by Crippen LogP contribution is 2.28. The first-order valence-electron chi connectivity index (χ1n) is 5.45. The molecule has 17 heavy (non-hydrogen) atoms. The van der Waals surface area contributed by atoms with Gasteiger partial charge in [-0.25, -0.2) is 0 Å². The average Bonchev–Trinajstić information content (AvgIpc) is 2.65. The van der Waals surface area contributed by atoms with Gasteiger partial charge >= 0.3 is 7.12 Å². The van der Waals surface area contributed by atoms with Gasteiger partial charge in [0.1, 0.15) is 11.2 Å². The van der Waals surface area contributed by atoms with Crippen LogP contribution in [-0.4, -0.2) is 17.2 Å². The highest BCUT2D eigenvalue weighted by atomic mass is 16.4. The number of aryl methyl sites for hydroxylation is 1. The summed E-state index contributed by atoms with van der Waals surface area (Å²) in [6.45, 7) is 1.99. The van der Waals surface area contributed by atoms with Crippen molar-refractivity contribution in [3.05, 3.63) is 42.0 Å². The second kappa shape index (κ2) is 3.62. The first-order chi connectivity index (χ1) is 8.16. The molecule has 2 aromatic carbocycles. The average molecular weight is 226 g/mol. The Labute approximate surface area is 98.4 Å². The molecule has 0 amide bonds. The first kappa shape index (κ1) is 10.4. The SMILES string of the molecule is Cc1ccc2c(c1)oc1cccc(B(O)O)c12. The van der Waals surface area contributed by atoms with Crippen LogP contribution in [0.25, 0.3) is 21.9 Å². The van der Waals surface area contributed by atoms with E-state index in [4.69, 9.17) is 4.42 Å². The molecule has 2 N–H and O–H groups in total. The van der Waals surface area contributed by atoms with E-state index < -0.39 is 7.12 Å². The maximum atomic E-state index is 9.37. The Kier molecular flexibility index (Phi) is 2.21. The molecule has 1 aromatic heterocycles. The lowest BCUT2D eigenvalue weighted by Gasteiger charge is -2.00. The molecule has 3 rings (SSSR count).